The Labute approximate surface area is 65.5 Å². The second-order valence-electron chi connectivity index (χ2n) is 2.92. The first-order chi connectivity index (χ1) is 5.11. The van der Waals surface area contributed by atoms with Gasteiger partial charge in [-0.05, 0) is 13.8 Å². The summed E-state index contributed by atoms with van der Waals surface area (Å²) < 4.78 is 5.22. The van der Waals surface area contributed by atoms with Crippen molar-refractivity contribution in [1.82, 2.24) is 5.32 Å². The third-order valence-corrected chi connectivity index (χ3v) is 1.81. The van der Waals surface area contributed by atoms with Crippen molar-refractivity contribution in [2.24, 2.45) is 0 Å². The quantitative estimate of drug-likeness (QED) is 0.558. The van der Waals surface area contributed by atoms with E-state index in [1.54, 1.807) is 6.92 Å². The van der Waals surface area contributed by atoms with E-state index in [4.69, 9.17) is 9.84 Å². The number of aliphatic carboxylic acids is 1. The molecule has 1 fully saturated rings. The van der Waals surface area contributed by atoms with Gasteiger partial charge in [-0.2, -0.15) is 0 Å². The van der Waals surface area contributed by atoms with Crippen LogP contribution in [0.15, 0.2) is 0 Å². The van der Waals surface area contributed by atoms with Gasteiger partial charge in [0.25, 0.3) is 0 Å². The number of morpholine rings is 1. The van der Waals surface area contributed by atoms with Gasteiger partial charge in [-0.1, -0.05) is 0 Å². The van der Waals surface area contributed by atoms with Crippen molar-refractivity contribution in [1.29, 1.82) is 0 Å². The van der Waals surface area contributed by atoms with Crippen molar-refractivity contribution in [3.05, 3.63) is 0 Å². The molecule has 1 heterocycles. The van der Waals surface area contributed by atoms with Gasteiger partial charge in [-0.3, -0.25) is 10.1 Å². The Morgan fingerprint density at radius 1 is 1.64 bits per heavy atom. The average Bonchev–Trinajstić information content (AvgIpc) is 1.94. The molecule has 1 rings (SSSR count). The predicted molar refractivity (Wildman–Crippen MR) is 39.4 cm³/mol. The number of rotatable bonds is 1. The van der Waals surface area contributed by atoms with Crippen LogP contribution < -0.4 is 5.32 Å². The van der Waals surface area contributed by atoms with Gasteiger partial charge in [-0.15, -0.1) is 0 Å². The van der Waals surface area contributed by atoms with Crippen LogP contribution in [0.25, 0.3) is 0 Å². The summed E-state index contributed by atoms with van der Waals surface area (Å²) in [5.74, 6) is -0.843. The zero-order chi connectivity index (χ0) is 8.43. The van der Waals surface area contributed by atoms with E-state index in [0.29, 0.717) is 6.61 Å². The number of hydrogen-bond donors (Lipinski definition) is 2. The molecule has 1 aliphatic heterocycles. The highest BCUT2D eigenvalue weighted by molar-refractivity contribution is 5.74. The summed E-state index contributed by atoms with van der Waals surface area (Å²) in [6.45, 7) is 4.25. The molecule has 0 aliphatic carbocycles. The van der Waals surface area contributed by atoms with Crippen LogP contribution in [0.4, 0.5) is 0 Å². The van der Waals surface area contributed by atoms with Crippen LogP contribution >= 0.6 is 0 Å². The predicted octanol–water partition coefficient (Wildman–Crippen LogP) is -0.164. The van der Waals surface area contributed by atoms with Crippen LogP contribution in [-0.2, 0) is 9.53 Å². The lowest BCUT2D eigenvalue weighted by molar-refractivity contribution is -0.146. The van der Waals surface area contributed by atoms with E-state index in [1.807, 2.05) is 6.92 Å². The molecule has 0 saturated carbocycles. The maximum atomic E-state index is 10.6. The fourth-order valence-electron chi connectivity index (χ4n) is 1.15. The van der Waals surface area contributed by atoms with E-state index in [0.717, 1.165) is 0 Å². The minimum atomic E-state index is -0.843. The van der Waals surface area contributed by atoms with Crippen molar-refractivity contribution < 1.29 is 14.6 Å². The summed E-state index contributed by atoms with van der Waals surface area (Å²) in [7, 11) is 0. The van der Waals surface area contributed by atoms with E-state index in [1.165, 1.54) is 0 Å². The Kier molecular flexibility index (Phi) is 2.46. The van der Waals surface area contributed by atoms with Gasteiger partial charge in [0.05, 0.1) is 12.7 Å². The number of nitrogens with one attached hydrogen (secondary N) is 1. The second kappa shape index (κ2) is 3.19. The van der Waals surface area contributed by atoms with E-state index in [-0.39, 0.29) is 12.1 Å². The smallest absolute Gasteiger partial charge is 0.323 e. The summed E-state index contributed by atoms with van der Waals surface area (Å²) in [6, 6.07) is -0.425. The van der Waals surface area contributed by atoms with E-state index >= 15 is 0 Å². The lowest BCUT2D eigenvalue weighted by Crippen LogP contribution is -2.55. The molecule has 0 aromatic rings. The third-order valence-electron chi connectivity index (χ3n) is 1.81. The molecule has 64 valence electrons. The monoisotopic (exact) mass is 159 g/mol. The Morgan fingerprint density at radius 2 is 2.27 bits per heavy atom. The molecule has 4 nitrogen and oxygen atoms in total. The largest absolute Gasteiger partial charge is 0.480 e. The third kappa shape index (κ3) is 1.91. The SMILES string of the molecule is CC1COC(C)C(C(=O)O)N1. The molecule has 3 unspecified atom stereocenters. The van der Waals surface area contributed by atoms with Gasteiger partial charge in [-0.25, -0.2) is 0 Å². The summed E-state index contributed by atoms with van der Waals surface area (Å²) >= 11 is 0. The molecule has 2 N–H and O–H groups in total. The fraction of sp³-hybridized carbons (Fsp3) is 0.857. The normalized spacial score (nSPS) is 38.5. The van der Waals surface area contributed by atoms with Crippen molar-refractivity contribution in [2.45, 2.75) is 32.0 Å². The Balaban J connectivity index is 2.54. The highest BCUT2D eigenvalue weighted by Gasteiger charge is 2.30. The fourth-order valence-corrected chi connectivity index (χ4v) is 1.15. The van der Waals surface area contributed by atoms with Gasteiger partial charge in [0.2, 0.25) is 0 Å². The molecule has 1 saturated heterocycles. The highest BCUT2D eigenvalue weighted by atomic mass is 16.5. The number of carboxylic acid groups (broad SMARTS) is 1. The average molecular weight is 159 g/mol. The number of carbonyl (C=O) groups is 1. The molecule has 0 radical (unpaired) electrons. The lowest BCUT2D eigenvalue weighted by atomic mass is 10.1. The van der Waals surface area contributed by atoms with Crippen molar-refractivity contribution in [3.8, 4) is 0 Å². The first-order valence-corrected chi connectivity index (χ1v) is 3.71. The summed E-state index contributed by atoms with van der Waals surface area (Å²) in [4.78, 5) is 10.6. The van der Waals surface area contributed by atoms with Crippen molar-refractivity contribution >= 4 is 5.97 Å². The molecular formula is C7H13NO3. The molecular weight excluding hydrogens is 146 g/mol. The zero-order valence-electron chi connectivity index (χ0n) is 6.70. The van der Waals surface area contributed by atoms with Crippen LogP contribution in [0.5, 0.6) is 0 Å². The molecule has 3 atom stereocenters. The first-order valence-electron chi connectivity index (χ1n) is 3.71. The minimum Gasteiger partial charge on any atom is -0.480 e. The minimum absolute atomic E-state index is 0.132. The second-order valence-corrected chi connectivity index (χ2v) is 2.92. The van der Waals surface area contributed by atoms with Gasteiger partial charge < -0.3 is 9.84 Å². The standard InChI is InChI=1S/C7H13NO3/c1-4-3-11-5(2)6(8-4)7(9)10/h4-6,8H,3H2,1-2H3,(H,9,10). The molecule has 4 heteroatoms. The van der Waals surface area contributed by atoms with Crippen molar-refractivity contribution in [3.63, 3.8) is 0 Å². The first kappa shape index (κ1) is 8.49. The van der Waals surface area contributed by atoms with Crippen LogP contribution in [-0.4, -0.2) is 35.9 Å². The van der Waals surface area contributed by atoms with Crippen LogP contribution in [0.2, 0.25) is 0 Å². The Hall–Kier alpha value is -0.610. The Morgan fingerprint density at radius 3 is 2.73 bits per heavy atom. The molecule has 0 aromatic carbocycles. The maximum absolute atomic E-state index is 10.6. The van der Waals surface area contributed by atoms with E-state index in [9.17, 15) is 4.79 Å². The molecule has 0 bridgehead atoms. The molecule has 0 amide bonds. The van der Waals surface area contributed by atoms with Gasteiger partial charge in [0.15, 0.2) is 0 Å². The van der Waals surface area contributed by atoms with Gasteiger partial charge in [0.1, 0.15) is 6.04 Å². The van der Waals surface area contributed by atoms with Gasteiger partial charge >= 0.3 is 5.97 Å². The zero-order valence-corrected chi connectivity index (χ0v) is 6.70. The number of carboxylic acids is 1. The maximum Gasteiger partial charge on any atom is 0.323 e. The topological polar surface area (TPSA) is 58.6 Å². The number of ether oxygens (including phenoxy) is 1. The van der Waals surface area contributed by atoms with E-state index < -0.39 is 12.0 Å². The van der Waals surface area contributed by atoms with Crippen molar-refractivity contribution in [2.75, 3.05) is 6.61 Å². The Bertz CT molecular complexity index is 160. The summed E-state index contributed by atoms with van der Waals surface area (Å²) in [5, 5.41) is 11.6. The van der Waals surface area contributed by atoms with Crippen LogP contribution in [0.3, 0.4) is 0 Å². The molecule has 0 spiro atoms. The summed E-state index contributed by atoms with van der Waals surface area (Å²) in [6.07, 6.45) is -0.233. The highest BCUT2D eigenvalue weighted by Crippen LogP contribution is 2.07. The van der Waals surface area contributed by atoms with Crippen LogP contribution in [0.1, 0.15) is 13.8 Å². The van der Waals surface area contributed by atoms with Crippen LogP contribution in [0, 0.1) is 0 Å². The molecule has 0 aromatic heterocycles. The molecule has 11 heavy (non-hydrogen) atoms. The lowest BCUT2D eigenvalue weighted by Gasteiger charge is -2.31. The summed E-state index contributed by atoms with van der Waals surface area (Å²) in [5.41, 5.74) is 0. The van der Waals surface area contributed by atoms with Gasteiger partial charge in [0, 0.05) is 6.04 Å². The molecule has 1 aliphatic rings. The number of hydrogen-bond acceptors (Lipinski definition) is 3. The van der Waals surface area contributed by atoms with E-state index in [2.05, 4.69) is 5.32 Å².